The number of hydrogen-bond acceptors (Lipinski definition) is 4. The molecule has 3 aromatic carbocycles. The first-order valence-corrected chi connectivity index (χ1v) is 10.3. The van der Waals surface area contributed by atoms with Crippen molar-refractivity contribution in [3.05, 3.63) is 96.2 Å². The van der Waals surface area contributed by atoms with Crippen LogP contribution in [0.5, 0.6) is 5.75 Å². The number of pyridine rings is 1. The summed E-state index contributed by atoms with van der Waals surface area (Å²) in [6.45, 7) is 0.263. The van der Waals surface area contributed by atoms with Gasteiger partial charge in [-0.15, -0.1) is 0 Å². The quantitative estimate of drug-likeness (QED) is 0.470. The molecule has 1 aromatic heterocycles. The molecule has 0 spiro atoms. The van der Waals surface area contributed by atoms with Crippen LogP contribution < -0.4 is 15.4 Å². The Bertz CT molecular complexity index is 1250. The lowest BCUT2D eigenvalue weighted by atomic mass is 10.0. The Morgan fingerprint density at radius 1 is 0.875 bits per heavy atom. The summed E-state index contributed by atoms with van der Waals surface area (Å²) in [5, 5.41) is 6.50. The van der Waals surface area contributed by atoms with E-state index in [4.69, 9.17) is 4.74 Å². The maximum Gasteiger partial charge on any atom is 0.251 e. The number of para-hydroxylation sites is 1. The lowest BCUT2D eigenvalue weighted by Gasteiger charge is -2.09. The zero-order valence-electron chi connectivity index (χ0n) is 17.7. The normalized spacial score (nSPS) is 10.5. The molecule has 0 aliphatic rings. The van der Waals surface area contributed by atoms with Crippen molar-refractivity contribution in [2.45, 2.75) is 6.54 Å². The fraction of sp³-hybridized carbons (Fsp3) is 0.115. The van der Waals surface area contributed by atoms with E-state index in [1.165, 1.54) is 0 Å². The Morgan fingerprint density at radius 2 is 1.69 bits per heavy atom. The SMILES string of the molecule is COc1cccc(CNC(=O)CNC(=O)c2ccc(-c3cnc4ccccc4c3)cc2)c1. The summed E-state index contributed by atoms with van der Waals surface area (Å²) in [6.07, 6.45) is 1.82. The molecule has 0 fully saturated rings. The van der Waals surface area contributed by atoms with Crippen LogP contribution in [0, 0.1) is 0 Å². The minimum atomic E-state index is -0.301. The molecule has 0 aliphatic carbocycles. The standard InChI is InChI=1S/C26H23N3O3/c1-32-23-7-4-5-18(13-23)15-28-25(30)17-29-26(31)20-11-9-19(10-12-20)22-14-21-6-2-3-8-24(21)27-16-22/h2-14,16H,15,17H2,1H3,(H,28,30)(H,29,31). The number of nitrogens with zero attached hydrogens (tertiary/aromatic N) is 1. The first-order valence-electron chi connectivity index (χ1n) is 10.3. The molecular formula is C26H23N3O3. The fourth-order valence-electron chi connectivity index (χ4n) is 3.35. The monoisotopic (exact) mass is 425 g/mol. The molecule has 0 atom stereocenters. The lowest BCUT2D eigenvalue weighted by Crippen LogP contribution is -2.36. The highest BCUT2D eigenvalue weighted by atomic mass is 16.5. The first kappa shape index (κ1) is 21.1. The zero-order chi connectivity index (χ0) is 22.3. The number of aromatic nitrogens is 1. The van der Waals surface area contributed by atoms with E-state index in [0.29, 0.717) is 12.1 Å². The predicted molar refractivity (Wildman–Crippen MR) is 124 cm³/mol. The fourth-order valence-corrected chi connectivity index (χ4v) is 3.35. The number of benzene rings is 3. The van der Waals surface area contributed by atoms with E-state index in [1.807, 2.05) is 66.9 Å². The van der Waals surface area contributed by atoms with Gasteiger partial charge in [-0.2, -0.15) is 0 Å². The highest BCUT2D eigenvalue weighted by molar-refractivity contribution is 5.97. The van der Waals surface area contributed by atoms with Crippen LogP contribution >= 0.6 is 0 Å². The summed E-state index contributed by atoms with van der Waals surface area (Å²) < 4.78 is 5.17. The number of amides is 2. The van der Waals surface area contributed by atoms with Gasteiger partial charge in [-0.1, -0.05) is 42.5 Å². The number of ether oxygens (including phenoxy) is 1. The maximum atomic E-state index is 12.4. The Morgan fingerprint density at radius 3 is 2.50 bits per heavy atom. The second kappa shape index (κ2) is 9.75. The van der Waals surface area contributed by atoms with Gasteiger partial charge in [0.1, 0.15) is 5.75 Å². The molecule has 4 rings (SSSR count). The molecule has 6 nitrogen and oxygen atoms in total. The van der Waals surface area contributed by atoms with Crippen molar-refractivity contribution in [1.82, 2.24) is 15.6 Å². The Kier molecular flexibility index (Phi) is 6.41. The molecule has 6 heteroatoms. The van der Waals surface area contributed by atoms with Crippen LogP contribution in [0.4, 0.5) is 0 Å². The second-order valence-electron chi connectivity index (χ2n) is 7.30. The molecule has 32 heavy (non-hydrogen) atoms. The number of fused-ring (bicyclic) bond motifs is 1. The van der Waals surface area contributed by atoms with Gasteiger partial charge in [0.2, 0.25) is 5.91 Å². The summed E-state index contributed by atoms with van der Waals surface area (Å²) in [7, 11) is 1.60. The number of carbonyl (C=O) groups is 2. The maximum absolute atomic E-state index is 12.4. The number of hydrogen-bond donors (Lipinski definition) is 2. The van der Waals surface area contributed by atoms with Crippen LogP contribution in [-0.2, 0) is 11.3 Å². The van der Waals surface area contributed by atoms with E-state index >= 15 is 0 Å². The highest BCUT2D eigenvalue weighted by Crippen LogP contribution is 2.23. The van der Waals surface area contributed by atoms with Gasteiger partial charge in [0.25, 0.3) is 5.91 Å². The van der Waals surface area contributed by atoms with Gasteiger partial charge in [0, 0.05) is 29.3 Å². The lowest BCUT2D eigenvalue weighted by molar-refractivity contribution is -0.120. The Balaban J connectivity index is 1.31. The van der Waals surface area contributed by atoms with Crippen LogP contribution in [-0.4, -0.2) is 30.5 Å². The molecule has 160 valence electrons. The summed E-state index contributed by atoms with van der Waals surface area (Å²) >= 11 is 0. The van der Waals surface area contributed by atoms with Gasteiger partial charge in [-0.25, -0.2) is 0 Å². The van der Waals surface area contributed by atoms with Gasteiger partial charge in [0.05, 0.1) is 19.2 Å². The van der Waals surface area contributed by atoms with Gasteiger partial charge < -0.3 is 15.4 Å². The van der Waals surface area contributed by atoms with Gasteiger partial charge in [-0.05, 0) is 47.5 Å². The Labute approximate surface area is 186 Å². The number of carbonyl (C=O) groups excluding carboxylic acids is 2. The Hall–Kier alpha value is -4.19. The highest BCUT2D eigenvalue weighted by Gasteiger charge is 2.09. The van der Waals surface area contributed by atoms with Crippen LogP contribution in [0.15, 0.2) is 85.1 Å². The third-order valence-corrected chi connectivity index (χ3v) is 5.10. The smallest absolute Gasteiger partial charge is 0.251 e. The summed E-state index contributed by atoms with van der Waals surface area (Å²) in [6, 6.07) is 24.7. The minimum absolute atomic E-state index is 0.0981. The van der Waals surface area contributed by atoms with Gasteiger partial charge in [-0.3, -0.25) is 14.6 Å². The molecule has 0 saturated heterocycles. The van der Waals surface area contributed by atoms with Crippen LogP contribution in [0.25, 0.3) is 22.0 Å². The van der Waals surface area contributed by atoms with E-state index < -0.39 is 0 Å². The third kappa shape index (κ3) is 5.10. The number of nitrogens with one attached hydrogen (secondary N) is 2. The van der Waals surface area contributed by atoms with E-state index in [0.717, 1.165) is 33.3 Å². The van der Waals surface area contributed by atoms with Crippen molar-refractivity contribution in [2.24, 2.45) is 0 Å². The molecule has 0 aliphatic heterocycles. The summed E-state index contributed by atoms with van der Waals surface area (Å²) in [5.74, 6) is 0.165. The molecule has 2 amide bonds. The third-order valence-electron chi connectivity index (χ3n) is 5.10. The number of methoxy groups -OCH3 is 1. The molecule has 0 unspecified atom stereocenters. The van der Waals surface area contributed by atoms with E-state index in [2.05, 4.69) is 21.7 Å². The van der Waals surface area contributed by atoms with Crippen LogP contribution in [0.2, 0.25) is 0 Å². The summed E-state index contributed by atoms with van der Waals surface area (Å²) in [5.41, 5.74) is 4.30. The average molecular weight is 425 g/mol. The molecule has 0 bridgehead atoms. The van der Waals surface area contributed by atoms with Crippen molar-refractivity contribution in [1.29, 1.82) is 0 Å². The molecule has 0 radical (unpaired) electrons. The molecule has 1 heterocycles. The molecule has 2 N–H and O–H groups in total. The van der Waals surface area contributed by atoms with E-state index in [9.17, 15) is 9.59 Å². The minimum Gasteiger partial charge on any atom is -0.497 e. The molecular weight excluding hydrogens is 402 g/mol. The second-order valence-corrected chi connectivity index (χ2v) is 7.30. The average Bonchev–Trinajstić information content (AvgIpc) is 2.86. The predicted octanol–water partition coefficient (Wildman–Crippen LogP) is 3.96. The van der Waals surface area contributed by atoms with E-state index in [1.54, 1.807) is 19.2 Å². The van der Waals surface area contributed by atoms with Crippen LogP contribution in [0.3, 0.4) is 0 Å². The van der Waals surface area contributed by atoms with Crippen LogP contribution in [0.1, 0.15) is 15.9 Å². The number of rotatable bonds is 7. The van der Waals surface area contributed by atoms with E-state index in [-0.39, 0.29) is 18.4 Å². The van der Waals surface area contributed by atoms with Gasteiger partial charge >= 0.3 is 0 Å². The summed E-state index contributed by atoms with van der Waals surface area (Å²) in [4.78, 5) is 29.0. The topological polar surface area (TPSA) is 80.3 Å². The van der Waals surface area contributed by atoms with Crippen molar-refractivity contribution in [3.63, 3.8) is 0 Å². The first-order chi connectivity index (χ1) is 15.6. The zero-order valence-corrected chi connectivity index (χ0v) is 17.7. The largest absolute Gasteiger partial charge is 0.497 e. The van der Waals surface area contributed by atoms with Crippen molar-refractivity contribution < 1.29 is 14.3 Å². The van der Waals surface area contributed by atoms with Crippen molar-refractivity contribution in [3.8, 4) is 16.9 Å². The van der Waals surface area contributed by atoms with Gasteiger partial charge in [0.15, 0.2) is 0 Å². The molecule has 0 saturated carbocycles. The van der Waals surface area contributed by atoms with Crippen molar-refractivity contribution >= 4 is 22.7 Å². The molecule has 4 aromatic rings. The van der Waals surface area contributed by atoms with Crippen molar-refractivity contribution in [2.75, 3.05) is 13.7 Å².